The molecule has 0 aromatic heterocycles. The first-order valence-electron chi connectivity index (χ1n) is 12.8. The Hall–Kier alpha value is -2.54. The van der Waals surface area contributed by atoms with E-state index in [1.807, 2.05) is 45.0 Å². The van der Waals surface area contributed by atoms with Crippen LogP contribution in [-0.2, 0) is 14.3 Å². The second-order valence-corrected chi connectivity index (χ2v) is 11.8. The van der Waals surface area contributed by atoms with Gasteiger partial charge >= 0.3 is 5.97 Å². The summed E-state index contributed by atoms with van der Waals surface area (Å²) in [5, 5.41) is 3.88. The number of amides is 1. The Morgan fingerprint density at radius 2 is 1.81 bits per heavy atom. The van der Waals surface area contributed by atoms with Gasteiger partial charge in [-0.2, -0.15) is 0 Å². The molecule has 2 aromatic rings. The maximum absolute atomic E-state index is 13.4. The maximum atomic E-state index is 13.4. The molecule has 37 heavy (non-hydrogen) atoms. The summed E-state index contributed by atoms with van der Waals surface area (Å²) in [5.41, 5.74) is 2.76. The molecule has 2 aromatic carbocycles. The number of fused-ring (bicyclic) bond motifs is 2. The third-order valence-electron chi connectivity index (χ3n) is 7.30. The Kier molecular flexibility index (Phi) is 7.27. The number of ether oxygens (including phenoxy) is 2. The van der Waals surface area contributed by atoms with Gasteiger partial charge in [-0.15, -0.1) is 0 Å². The normalized spacial score (nSPS) is 25.1. The zero-order valence-electron chi connectivity index (χ0n) is 21.3. The number of benzene rings is 2. The van der Waals surface area contributed by atoms with E-state index in [0.717, 1.165) is 31.5 Å². The fraction of sp³-hybridized carbons (Fsp3) is 0.448. The average molecular weight is 543 g/mol. The first-order chi connectivity index (χ1) is 17.6. The first-order valence-corrected chi connectivity index (χ1v) is 13.5. The number of para-hydroxylation sites is 1. The summed E-state index contributed by atoms with van der Waals surface area (Å²) in [6.07, 6.45) is 4.85. The minimum absolute atomic E-state index is 0.0461. The predicted octanol–water partition coefficient (Wildman–Crippen LogP) is 6.52. The van der Waals surface area contributed by atoms with Crippen molar-refractivity contribution in [2.75, 3.05) is 23.3 Å². The average Bonchev–Trinajstić information content (AvgIpc) is 3.47. The Bertz CT molecular complexity index is 1240. The SMILES string of the molecule is CC(C)(C)OC(=O)c1ccccc1N1CC=C([C@@H]2[C@H](C(=O)Nc3ccc(Cl)c(Cl)c3)[C@H]3CC[C@@H]2O3)CC1. The number of halogens is 2. The molecule has 0 spiro atoms. The summed E-state index contributed by atoms with van der Waals surface area (Å²) in [4.78, 5) is 28.5. The van der Waals surface area contributed by atoms with Crippen molar-refractivity contribution >= 4 is 46.5 Å². The number of carbonyl (C=O) groups excluding carboxylic acids is 2. The van der Waals surface area contributed by atoms with Crippen molar-refractivity contribution in [3.63, 3.8) is 0 Å². The monoisotopic (exact) mass is 542 g/mol. The molecule has 8 heteroatoms. The Morgan fingerprint density at radius 3 is 2.51 bits per heavy atom. The lowest BCUT2D eigenvalue weighted by Gasteiger charge is -2.35. The zero-order valence-corrected chi connectivity index (χ0v) is 22.8. The van der Waals surface area contributed by atoms with E-state index >= 15 is 0 Å². The van der Waals surface area contributed by atoms with E-state index < -0.39 is 5.60 Å². The highest BCUT2D eigenvalue weighted by Gasteiger charge is 2.53. The smallest absolute Gasteiger partial charge is 0.340 e. The minimum atomic E-state index is -0.562. The highest BCUT2D eigenvalue weighted by atomic mass is 35.5. The van der Waals surface area contributed by atoms with Gasteiger partial charge in [0.25, 0.3) is 0 Å². The van der Waals surface area contributed by atoms with E-state index in [-0.39, 0.29) is 35.9 Å². The molecule has 196 valence electrons. The number of hydrogen-bond donors (Lipinski definition) is 1. The second-order valence-electron chi connectivity index (χ2n) is 11.0. The van der Waals surface area contributed by atoms with Gasteiger partial charge in [0.15, 0.2) is 0 Å². The summed E-state index contributed by atoms with van der Waals surface area (Å²) in [5.74, 6) is -0.572. The molecule has 0 radical (unpaired) electrons. The maximum Gasteiger partial charge on any atom is 0.340 e. The van der Waals surface area contributed by atoms with Gasteiger partial charge in [-0.05, 0) is 70.4 Å². The van der Waals surface area contributed by atoms with Crippen LogP contribution in [0.15, 0.2) is 54.1 Å². The molecule has 5 rings (SSSR count). The number of nitrogens with zero attached hydrogens (tertiary/aromatic N) is 1. The lowest BCUT2D eigenvalue weighted by molar-refractivity contribution is -0.122. The van der Waals surface area contributed by atoms with E-state index in [9.17, 15) is 9.59 Å². The molecule has 2 saturated heterocycles. The van der Waals surface area contributed by atoms with Crippen LogP contribution in [0, 0.1) is 11.8 Å². The number of carbonyl (C=O) groups is 2. The van der Waals surface area contributed by atoms with Crippen molar-refractivity contribution in [2.45, 2.75) is 57.8 Å². The van der Waals surface area contributed by atoms with Gasteiger partial charge in [0.2, 0.25) is 5.91 Å². The van der Waals surface area contributed by atoms with Gasteiger partial charge in [0, 0.05) is 24.7 Å². The summed E-state index contributed by atoms with van der Waals surface area (Å²) >= 11 is 12.2. The van der Waals surface area contributed by atoms with Crippen LogP contribution in [0.1, 0.15) is 50.4 Å². The molecule has 0 saturated carbocycles. The van der Waals surface area contributed by atoms with Crippen LogP contribution in [-0.4, -0.2) is 42.8 Å². The van der Waals surface area contributed by atoms with E-state index in [1.54, 1.807) is 18.2 Å². The number of esters is 1. The first kappa shape index (κ1) is 26.1. The van der Waals surface area contributed by atoms with Crippen LogP contribution in [0.2, 0.25) is 10.0 Å². The highest BCUT2D eigenvalue weighted by molar-refractivity contribution is 6.42. The van der Waals surface area contributed by atoms with Crippen molar-refractivity contribution in [1.29, 1.82) is 0 Å². The molecular formula is C29H32Cl2N2O4. The van der Waals surface area contributed by atoms with Crippen LogP contribution >= 0.6 is 23.2 Å². The van der Waals surface area contributed by atoms with Crippen molar-refractivity contribution in [3.8, 4) is 0 Å². The topological polar surface area (TPSA) is 67.9 Å². The Labute approximate surface area is 227 Å². The lowest BCUT2D eigenvalue weighted by Crippen LogP contribution is -2.40. The molecule has 6 nitrogen and oxygen atoms in total. The van der Waals surface area contributed by atoms with Crippen LogP contribution in [0.5, 0.6) is 0 Å². The van der Waals surface area contributed by atoms with Crippen molar-refractivity contribution in [2.24, 2.45) is 11.8 Å². The van der Waals surface area contributed by atoms with Gasteiger partial charge in [0.05, 0.1) is 39.4 Å². The van der Waals surface area contributed by atoms with E-state index in [4.69, 9.17) is 32.7 Å². The Morgan fingerprint density at radius 1 is 1.05 bits per heavy atom. The van der Waals surface area contributed by atoms with E-state index in [2.05, 4.69) is 16.3 Å². The number of hydrogen-bond acceptors (Lipinski definition) is 5. The highest BCUT2D eigenvalue weighted by Crippen LogP contribution is 2.48. The molecule has 4 atom stereocenters. The molecule has 1 N–H and O–H groups in total. The van der Waals surface area contributed by atoms with Gasteiger partial charge < -0.3 is 19.7 Å². The minimum Gasteiger partial charge on any atom is -0.456 e. The second kappa shape index (κ2) is 10.3. The third-order valence-corrected chi connectivity index (χ3v) is 8.04. The summed E-state index contributed by atoms with van der Waals surface area (Å²) < 4.78 is 11.9. The quantitative estimate of drug-likeness (QED) is 0.344. The van der Waals surface area contributed by atoms with Gasteiger partial charge in [-0.25, -0.2) is 4.79 Å². The van der Waals surface area contributed by atoms with E-state index in [0.29, 0.717) is 27.8 Å². The van der Waals surface area contributed by atoms with E-state index in [1.165, 1.54) is 5.57 Å². The lowest BCUT2D eigenvalue weighted by atomic mass is 9.73. The summed E-state index contributed by atoms with van der Waals surface area (Å²) in [7, 11) is 0. The fourth-order valence-electron chi connectivity index (χ4n) is 5.74. The molecule has 3 aliphatic rings. The molecule has 3 heterocycles. The third kappa shape index (κ3) is 5.52. The number of anilines is 2. The number of rotatable bonds is 5. The molecule has 2 fully saturated rings. The van der Waals surface area contributed by atoms with Crippen LogP contribution < -0.4 is 10.2 Å². The molecule has 3 aliphatic heterocycles. The molecule has 1 amide bonds. The fourth-order valence-corrected chi connectivity index (χ4v) is 6.04. The summed E-state index contributed by atoms with van der Waals surface area (Å²) in [6.45, 7) is 7.02. The van der Waals surface area contributed by atoms with Crippen LogP contribution in [0.3, 0.4) is 0 Å². The molecule has 0 unspecified atom stereocenters. The zero-order chi connectivity index (χ0) is 26.3. The standard InChI is InChI=1S/C29H32Cl2N2O4/c1-29(2,3)37-28(35)19-6-4-5-7-22(19)33-14-12-17(13-15-33)25-23-10-11-24(36-23)26(25)27(34)32-18-8-9-20(30)21(31)16-18/h4-9,12,16,23-26H,10-11,13-15H2,1-3H3,(H,32,34)/t23-,24+,25-,26+/m0/s1. The largest absolute Gasteiger partial charge is 0.456 e. The van der Waals surface area contributed by atoms with Crippen molar-refractivity contribution in [3.05, 3.63) is 69.7 Å². The molecule has 0 aliphatic carbocycles. The number of nitrogens with one attached hydrogen (secondary N) is 1. The van der Waals surface area contributed by atoms with Crippen molar-refractivity contribution in [1.82, 2.24) is 0 Å². The van der Waals surface area contributed by atoms with Crippen molar-refractivity contribution < 1.29 is 19.1 Å². The van der Waals surface area contributed by atoms with Gasteiger partial charge in [-0.3, -0.25) is 4.79 Å². The predicted molar refractivity (Wildman–Crippen MR) is 146 cm³/mol. The molecular weight excluding hydrogens is 511 g/mol. The van der Waals surface area contributed by atoms with Gasteiger partial charge in [0.1, 0.15) is 5.60 Å². The summed E-state index contributed by atoms with van der Waals surface area (Å²) in [6, 6.07) is 12.7. The van der Waals surface area contributed by atoms with Crippen LogP contribution in [0.4, 0.5) is 11.4 Å². The Balaban J connectivity index is 1.32. The van der Waals surface area contributed by atoms with Crippen LogP contribution in [0.25, 0.3) is 0 Å². The molecule has 2 bridgehead atoms. The van der Waals surface area contributed by atoms with Gasteiger partial charge in [-0.1, -0.05) is 47.0 Å².